The summed E-state index contributed by atoms with van der Waals surface area (Å²) in [5, 5.41) is 19.4. The van der Waals surface area contributed by atoms with E-state index in [9.17, 15) is 10.2 Å². The predicted molar refractivity (Wildman–Crippen MR) is 92.9 cm³/mol. The van der Waals surface area contributed by atoms with Crippen LogP contribution in [0.25, 0.3) is 0 Å². The summed E-state index contributed by atoms with van der Waals surface area (Å²) in [6.45, 7) is 5.16. The highest BCUT2D eigenvalue weighted by Crippen LogP contribution is 2.66. The molecule has 0 unspecified atom stereocenters. The third kappa shape index (κ3) is 2.21. The van der Waals surface area contributed by atoms with Crippen molar-refractivity contribution in [2.45, 2.75) is 71.3 Å². The molecular weight excluding hydrogens is 284 g/mol. The van der Waals surface area contributed by atoms with Gasteiger partial charge >= 0.3 is 0 Å². The molecule has 0 aromatic carbocycles. The van der Waals surface area contributed by atoms with Crippen molar-refractivity contribution >= 4 is 0 Å². The Bertz CT molecular complexity index is 548. The van der Waals surface area contributed by atoms with Gasteiger partial charge in [-0.25, -0.2) is 0 Å². The lowest BCUT2D eigenvalue weighted by molar-refractivity contribution is -0.0269. The second kappa shape index (κ2) is 5.46. The first-order chi connectivity index (χ1) is 11.0. The van der Waals surface area contributed by atoms with Gasteiger partial charge in [0.25, 0.3) is 0 Å². The van der Waals surface area contributed by atoms with Gasteiger partial charge in [0.15, 0.2) is 0 Å². The maximum absolute atomic E-state index is 10.1. The maximum Gasteiger partial charge on any atom is 0.0615 e. The Kier molecular flexibility index (Phi) is 3.77. The number of aliphatic hydroxyl groups excluding tert-OH is 2. The highest BCUT2D eigenvalue weighted by Gasteiger charge is 2.56. The zero-order valence-corrected chi connectivity index (χ0v) is 14.7. The van der Waals surface area contributed by atoms with Gasteiger partial charge in [-0.2, -0.15) is 0 Å². The lowest BCUT2D eigenvalue weighted by Gasteiger charge is -2.57. The molecular formula is C21H32O2. The molecule has 2 nitrogen and oxygen atoms in total. The Labute approximate surface area is 140 Å². The van der Waals surface area contributed by atoms with Gasteiger partial charge in [0.1, 0.15) is 0 Å². The van der Waals surface area contributed by atoms with Crippen LogP contribution in [0.5, 0.6) is 0 Å². The average molecular weight is 316 g/mol. The van der Waals surface area contributed by atoms with Crippen LogP contribution in [0.3, 0.4) is 0 Å². The van der Waals surface area contributed by atoms with E-state index in [-0.39, 0.29) is 12.7 Å². The minimum Gasteiger partial charge on any atom is -0.393 e. The zero-order chi connectivity index (χ0) is 16.2. The Morgan fingerprint density at radius 1 is 1.13 bits per heavy atom. The maximum atomic E-state index is 10.1. The van der Waals surface area contributed by atoms with Crippen molar-refractivity contribution in [1.29, 1.82) is 0 Å². The molecule has 128 valence electrons. The molecule has 0 aliphatic heterocycles. The van der Waals surface area contributed by atoms with Crippen LogP contribution >= 0.6 is 0 Å². The second-order valence-corrected chi connectivity index (χ2v) is 9.06. The fourth-order valence-electron chi connectivity index (χ4n) is 6.94. The molecule has 0 saturated heterocycles. The Morgan fingerprint density at radius 2 is 1.87 bits per heavy atom. The highest BCUT2D eigenvalue weighted by molar-refractivity contribution is 5.29. The van der Waals surface area contributed by atoms with Gasteiger partial charge in [-0.05, 0) is 80.0 Å². The first-order valence-electron chi connectivity index (χ1n) is 9.67. The van der Waals surface area contributed by atoms with E-state index in [0.29, 0.717) is 10.8 Å². The van der Waals surface area contributed by atoms with Gasteiger partial charge < -0.3 is 10.2 Å². The minimum absolute atomic E-state index is 0.106. The summed E-state index contributed by atoms with van der Waals surface area (Å²) in [5.41, 5.74) is 3.76. The van der Waals surface area contributed by atoms with E-state index in [4.69, 9.17) is 0 Å². The van der Waals surface area contributed by atoms with Gasteiger partial charge in [0, 0.05) is 0 Å². The lowest BCUT2D eigenvalue weighted by Crippen LogP contribution is -2.49. The number of rotatable bonds is 1. The third-order valence-corrected chi connectivity index (χ3v) is 8.26. The molecule has 0 amide bonds. The van der Waals surface area contributed by atoms with Gasteiger partial charge in [-0.3, -0.25) is 0 Å². The molecule has 23 heavy (non-hydrogen) atoms. The molecule has 0 radical (unpaired) electrons. The summed E-state index contributed by atoms with van der Waals surface area (Å²) in [6, 6.07) is 0. The summed E-state index contributed by atoms with van der Waals surface area (Å²) in [5.74, 6) is 2.41. The van der Waals surface area contributed by atoms with E-state index in [2.05, 4.69) is 26.0 Å². The van der Waals surface area contributed by atoms with Crippen molar-refractivity contribution in [1.82, 2.24) is 0 Å². The van der Waals surface area contributed by atoms with Crippen molar-refractivity contribution < 1.29 is 10.2 Å². The summed E-state index contributed by atoms with van der Waals surface area (Å²) in [6.07, 6.45) is 13.9. The molecule has 4 rings (SSSR count). The number of allylic oxidation sites excluding steroid dienone is 2. The smallest absolute Gasteiger partial charge is 0.0615 e. The molecule has 0 spiro atoms. The van der Waals surface area contributed by atoms with E-state index < -0.39 is 0 Å². The molecule has 0 bridgehead atoms. The number of fused-ring (bicyclic) bond motifs is 5. The monoisotopic (exact) mass is 316 g/mol. The summed E-state index contributed by atoms with van der Waals surface area (Å²) >= 11 is 0. The molecule has 4 aliphatic rings. The van der Waals surface area contributed by atoms with Gasteiger partial charge in [0.05, 0.1) is 12.7 Å². The fourth-order valence-corrected chi connectivity index (χ4v) is 6.94. The van der Waals surface area contributed by atoms with Crippen LogP contribution in [0.4, 0.5) is 0 Å². The van der Waals surface area contributed by atoms with Crippen LogP contribution in [0.15, 0.2) is 23.3 Å². The first-order valence-corrected chi connectivity index (χ1v) is 9.67. The van der Waals surface area contributed by atoms with Crippen molar-refractivity contribution in [3.05, 3.63) is 23.3 Å². The number of aliphatic hydroxyl groups is 2. The third-order valence-electron chi connectivity index (χ3n) is 8.26. The van der Waals surface area contributed by atoms with E-state index in [1.54, 1.807) is 5.57 Å². The van der Waals surface area contributed by atoms with Gasteiger partial charge in [-0.15, -0.1) is 0 Å². The van der Waals surface area contributed by atoms with Crippen LogP contribution < -0.4 is 0 Å². The molecule has 3 fully saturated rings. The van der Waals surface area contributed by atoms with Gasteiger partial charge in [-0.1, -0.05) is 37.1 Å². The van der Waals surface area contributed by atoms with E-state index >= 15 is 0 Å². The van der Waals surface area contributed by atoms with Crippen LogP contribution in [-0.4, -0.2) is 22.9 Å². The average Bonchev–Trinajstić information content (AvgIpc) is 2.85. The van der Waals surface area contributed by atoms with Crippen LogP contribution in [-0.2, 0) is 0 Å². The molecule has 0 aromatic heterocycles. The minimum atomic E-state index is -0.106. The number of hydrogen-bond donors (Lipinski definition) is 2. The standard InChI is InChI=1S/C21H32O2/c1-20-11-8-19-17(18(20)6-4-14(20)9-12-22)5-3-15-13-16(23)7-10-21(15,19)2/h3,9,16-19,22-23H,4-8,10-13H2,1-2H3/b14-9-/t16-,17-,18-,19-,20+,21-/m0/s1. The van der Waals surface area contributed by atoms with Crippen molar-refractivity contribution in [3.63, 3.8) is 0 Å². The lowest BCUT2D eigenvalue weighted by atomic mass is 9.48. The topological polar surface area (TPSA) is 40.5 Å². The van der Waals surface area contributed by atoms with Crippen molar-refractivity contribution in [3.8, 4) is 0 Å². The first kappa shape index (κ1) is 15.9. The SMILES string of the molecule is C[C@]12CC[C@H](O)CC1=CC[C@@H]1[C@@H]2CC[C@]2(C)/C(=C\CO)CC[C@@H]12. The molecule has 4 aliphatic carbocycles. The molecule has 6 atom stereocenters. The number of hydrogen-bond acceptors (Lipinski definition) is 2. The van der Waals surface area contributed by atoms with Crippen LogP contribution in [0, 0.1) is 28.6 Å². The van der Waals surface area contributed by atoms with E-state index in [0.717, 1.165) is 30.6 Å². The van der Waals surface area contributed by atoms with Crippen LogP contribution in [0.1, 0.15) is 65.2 Å². The summed E-state index contributed by atoms with van der Waals surface area (Å²) in [4.78, 5) is 0. The van der Waals surface area contributed by atoms with E-state index in [1.165, 1.54) is 44.1 Å². The van der Waals surface area contributed by atoms with E-state index in [1.807, 2.05) is 0 Å². The molecule has 0 aromatic rings. The van der Waals surface area contributed by atoms with Crippen molar-refractivity contribution in [2.75, 3.05) is 6.61 Å². The molecule has 2 heteroatoms. The zero-order valence-electron chi connectivity index (χ0n) is 14.7. The molecule has 0 heterocycles. The Hall–Kier alpha value is -0.600. The quantitative estimate of drug-likeness (QED) is 0.711. The predicted octanol–water partition coefficient (Wildman–Crippen LogP) is 4.23. The van der Waals surface area contributed by atoms with Crippen molar-refractivity contribution in [2.24, 2.45) is 28.6 Å². The molecule has 3 saturated carbocycles. The largest absolute Gasteiger partial charge is 0.393 e. The highest BCUT2D eigenvalue weighted by atomic mass is 16.3. The van der Waals surface area contributed by atoms with Gasteiger partial charge in [0.2, 0.25) is 0 Å². The Morgan fingerprint density at radius 3 is 2.65 bits per heavy atom. The molecule has 2 N–H and O–H groups in total. The van der Waals surface area contributed by atoms with Crippen LogP contribution in [0.2, 0.25) is 0 Å². The Balaban J connectivity index is 1.66. The normalized spacial score (nSPS) is 51.0. The summed E-state index contributed by atoms with van der Waals surface area (Å²) < 4.78 is 0. The summed E-state index contributed by atoms with van der Waals surface area (Å²) in [7, 11) is 0. The fraction of sp³-hybridized carbons (Fsp3) is 0.810. The second-order valence-electron chi connectivity index (χ2n) is 9.06.